The summed E-state index contributed by atoms with van der Waals surface area (Å²) in [5.74, 6) is 0.0374. The maximum Gasteiger partial charge on any atom is 0.328 e. The summed E-state index contributed by atoms with van der Waals surface area (Å²) in [6.07, 6.45) is -0.361. The number of hydrogen-bond donors (Lipinski definition) is 2. The Bertz CT molecular complexity index is 1140. The number of para-hydroxylation sites is 2. The minimum absolute atomic E-state index is 0.158. The molecule has 1 unspecified atom stereocenters. The average Bonchev–Trinajstić information content (AvgIpc) is 2.76. The van der Waals surface area contributed by atoms with Crippen molar-refractivity contribution in [3.8, 4) is 17.2 Å². The molecule has 160 valence electrons. The molecule has 7 nitrogen and oxygen atoms in total. The molecular formula is C24H23NO6. The van der Waals surface area contributed by atoms with Crippen molar-refractivity contribution in [2.75, 3.05) is 13.2 Å². The molecule has 0 saturated heterocycles. The van der Waals surface area contributed by atoms with E-state index in [-0.39, 0.29) is 18.3 Å². The van der Waals surface area contributed by atoms with Crippen LogP contribution in [-0.2, 0) is 4.79 Å². The van der Waals surface area contributed by atoms with Crippen LogP contribution < -0.4 is 19.5 Å². The second kappa shape index (κ2) is 8.18. The topological polar surface area (TPSA) is 94.1 Å². The molecule has 4 rings (SSSR count). The van der Waals surface area contributed by atoms with Crippen molar-refractivity contribution in [1.29, 1.82) is 0 Å². The number of carboxylic acid groups (broad SMARTS) is 1. The minimum atomic E-state index is -1.43. The Hall–Kier alpha value is -3.74. The summed E-state index contributed by atoms with van der Waals surface area (Å²) < 4.78 is 17.8. The van der Waals surface area contributed by atoms with E-state index in [4.69, 9.17) is 14.2 Å². The van der Waals surface area contributed by atoms with Crippen LogP contribution in [0.1, 0.15) is 24.2 Å². The Morgan fingerprint density at radius 1 is 1.06 bits per heavy atom. The largest absolute Gasteiger partial charge is 0.488 e. The van der Waals surface area contributed by atoms with E-state index >= 15 is 0 Å². The fourth-order valence-electron chi connectivity index (χ4n) is 3.30. The smallest absolute Gasteiger partial charge is 0.328 e. The zero-order valence-corrected chi connectivity index (χ0v) is 17.3. The van der Waals surface area contributed by atoms with Crippen LogP contribution >= 0.6 is 0 Å². The Kier molecular flexibility index (Phi) is 5.42. The van der Waals surface area contributed by atoms with Gasteiger partial charge in [0.25, 0.3) is 5.91 Å². The van der Waals surface area contributed by atoms with Crippen LogP contribution in [0.3, 0.4) is 0 Å². The molecule has 1 heterocycles. The van der Waals surface area contributed by atoms with Crippen LogP contribution in [-0.4, -0.2) is 41.8 Å². The minimum Gasteiger partial charge on any atom is -0.488 e. The molecule has 1 amide bonds. The average molecular weight is 421 g/mol. The number of hydrogen-bond acceptors (Lipinski definition) is 5. The van der Waals surface area contributed by atoms with Crippen molar-refractivity contribution in [2.24, 2.45) is 0 Å². The van der Waals surface area contributed by atoms with E-state index in [2.05, 4.69) is 5.32 Å². The van der Waals surface area contributed by atoms with Crippen LogP contribution in [0.15, 0.2) is 60.7 Å². The van der Waals surface area contributed by atoms with Crippen molar-refractivity contribution in [3.63, 3.8) is 0 Å². The fourth-order valence-corrected chi connectivity index (χ4v) is 3.30. The number of amides is 1. The highest BCUT2D eigenvalue weighted by Crippen LogP contribution is 2.33. The van der Waals surface area contributed by atoms with Gasteiger partial charge in [-0.25, -0.2) is 4.79 Å². The molecule has 3 aromatic rings. The second-order valence-corrected chi connectivity index (χ2v) is 7.86. The molecule has 1 aliphatic rings. The summed E-state index contributed by atoms with van der Waals surface area (Å²) in [6, 6.07) is 18.4. The lowest BCUT2D eigenvalue weighted by atomic mass is 10.0. The number of benzene rings is 3. The van der Waals surface area contributed by atoms with Crippen LogP contribution in [0.4, 0.5) is 0 Å². The zero-order chi connectivity index (χ0) is 22.0. The van der Waals surface area contributed by atoms with E-state index < -0.39 is 17.4 Å². The van der Waals surface area contributed by atoms with Crippen molar-refractivity contribution in [2.45, 2.75) is 25.5 Å². The summed E-state index contributed by atoms with van der Waals surface area (Å²) in [4.78, 5) is 24.4. The number of nitrogens with one attached hydrogen (secondary N) is 1. The molecule has 0 radical (unpaired) electrons. The molecule has 0 aliphatic carbocycles. The standard InChI is InChI=1S/C24H23NO6/c1-24(2,23(27)28)25-22(26)18-12-11-15-7-3-4-8-17(15)21(18)30-14-16-13-29-19-9-5-6-10-20(19)31-16/h3-12,16H,13-14H2,1-2H3,(H,25,26)(H,27,28). The summed E-state index contributed by atoms with van der Waals surface area (Å²) in [5.41, 5.74) is -1.17. The van der Waals surface area contributed by atoms with Gasteiger partial charge in [-0.1, -0.05) is 42.5 Å². The highest BCUT2D eigenvalue weighted by Gasteiger charge is 2.31. The molecule has 2 N–H and O–H groups in total. The van der Waals surface area contributed by atoms with Gasteiger partial charge in [0.2, 0.25) is 0 Å². The molecule has 3 aromatic carbocycles. The molecule has 0 saturated carbocycles. The van der Waals surface area contributed by atoms with Gasteiger partial charge >= 0.3 is 5.97 Å². The van der Waals surface area contributed by atoms with E-state index in [0.29, 0.717) is 23.9 Å². The summed E-state index contributed by atoms with van der Waals surface area (Å²) in [5, 5.41) is 13.6. The Morgan fingerprint density at radius 2 is 1.77 bits per heavy atom. The third-order valence-corrected chi connectivity index (χ3v) is 5.07. The number of fused-ring (bicyclic) bond motifs is 2. The first-order chi connectivity index (χ1) is 14.8. The molecule has 1 aliphatic heterocycles. The van der Waals surface area contributed by atoms with E-state index in [1.807, 2.05) is 48.5 Å². The van der Waals surface area contributed by atoms with E-state index in [1.165, 1.54) is 13.8 Å². The van der Waals surface area contributed by atoms with Gasteiger partial charge in [-0.3, -0.25) is 4.79 Å². The maximum absolute atomic E-state index is 12.9. The predicted molar refractivity (Wildman–Crippen MR) is 115 cm³/mol. The predicted octanol–water partition coefficient (Wildman–Crippen LogP) is 3.65. The third kappa shape index (κ3) is 4.26. The summed E-state index contributed by atoms with van der Waals surface area (Å²) in [6.45, 7) is 3.33. The lowest BCUT2D eigenvalue weighted by molar-refractivity contribution is -0.143. The van der Waals surface area contributed by atoms with E-state index in [0.717, 1.165) is 10.8 Å². The molecular weight excluding hydrogens is 398 g/mol. The van der Waals surface area contributed by atoms with Crippen molar-refractivity contribution < 1.29 is 28.9 Å². The lowest BCUT2D eigenvalue weighted by Crippen LogP contribution is -2.49. The quantitative estimate of drug-likeness (QED) is 0.631. The van der Waals surface area contributed by atoms with Gasteiger partial charge in [0.1, 0.15) is 24.5 Å². The van der Waals surface area contributed by atoms with Crippen LogP contribution in [0, 0.1) is 0 Å². The van der Waals surface area contributed by atoms with E-state index in [9.17, 15) is 14.7 Å². The molecule has 0 aromatic heterocycles. The molecule has 1 atom stereocenters. The maximum atomic E-state index is 12.9. The normalized spacial score (nSPS) is 15.4. The van der Waals surface area contributed by atoms with Gasteiger partial charge in [-0.2, -0.15) is 0 Å². The van der Waals surface area contributed by atoms with Crippen molar-refractivity contribution in [3.05, 3.63) is 66.2 Å². The monoisotopic (exact) mass is 421 g/mol. The van der Waals surface area contributed by atoms with Crippen LogP contribution in [0.25, 0.3) is 10.8 Å². The lowest BCUT2D eigenvalue weighted by Gasteiger charge is -2.27. The van der Waals surface area contributed by atoms with Gasteiger partial charge < -0.3 is 24.6 Å². The number of aliphatic carboxylic acids is 1. The zero-order valence-electron chi connectivity index (χ0n) is 17.3. The van der Waals surface area contributed by atoms with Gasteiger partial charge in [0.05, 0.1) is 5.56 Å². The highest BCUT2D eigenvalue weighted by molar-refractivity contribution is 6.05. The Morgan fingerprint density at radius 3 is 2.55 bits per heavy atom. The Balaban J connectivity index is 1.60. The number of rotatable bonds is 6. The van der Waals surface area contributed by atoms with Crippen molar-refractivity contribution >= 4 is 22.6 Å². The summed E-state index contributed by atoms with van der Waals surface area (Å²) >= 11 is 0. The third-order valence-electron chi connectivity index (χ3n) is 5.07. The first kappa shape index (κ1) is 20.5. The Labute approximate surface area is 179 Å². The molecule has 0 bridgehead atoms. The first-order valence-electron chi connectivity index (χ1n) is 9.94. The SMILES string of the molecule is CC(C)(NC(=O)c1ccc2ccccc2c1OCC1COc2ccccc2O1)C(=O)O. The summed E-state index contributed by atoms with van der Waals surface area (Å²) in [7, 11) is 0. The fraction of sp³-hybridized carbons (Fsp3) is 0.250. The van der Waals surface area contributed by atoms with Gasteiger partial charge in [-0.05, 0) is 37.4 Å². The second-order valence-electron chi connectivity index (χ2n) is 7.86. The number of carbonyl (C=O) groups excluding carboxylic acids is 1. The van der Waals surface area contributed by atoms with E-state index in [1.54, 1.807) is 12.1 Å². The number of ether oxygens (including phenoxy) is 3. The highest BCUT2D eigenvalue weighted by atomic mass is 16.6. The number of carbonyl (C=O) groups is 2. The van der Waals surface area contributed by atoms with Crippen molar-refractivity contribution in [1.82, 2.24) is 5.32 Å². The van der Waals surface area contributed by atoms with Gasteiger partial charge in [0.15, 0.2) is 17.6 Å². The molecule has 0 fully saturated rings. The first-order valence-corrected chi connectivity index (χ1v) is 9.94. The molecule has 0 spiro atoms. The molecule has 7 heteroatoms. The van der Waals surface area contributed by atoms with Crippen LogP contribution in [0.2, 0.25) is 0 Å². The number of carboxylic acids is 1. The van der Waals surface area contributed by atoms with Gasteiger partial charge in [0, 0.05) is 5.39 Å². The molecule has 31 heavy (non-hydrogen) atoms. The van der Waals surface area contributed by atoms with Crippen LogP contribution in [0.5, 0.6) is 17.2 Å². The van der Waals surface area contributed by atoms with Gasteiger partial charge in [-0.15, -0.1) is 0 Å².